The van der Waals surface area contributed by atoms with E-state index < -0.39 is 0 Å². The minimum atomic E-state index is -0.132. The molecular formula is C16H22N2O2. The molecule has 1 aromatic heterocycles. The summed E-state index contributed by atoms with van der Waals surface area (Å²) < 4.78 is 6.95. The average Bonchev–Trinajstić information content (AvgIpc) is 2.80. The molecule has 0 saturated carbocycles. The molecular weight excluding hydrogens is 252 g/mol. The molecule has 0 spiro atoms. The molecule has 108 valence electrons. The first-order valence-electron chi connectivity index (χ1n) is 6.81. The first-order chi connectivity index (χ1) is 9.45. The maximum atomic E-state index is 12.7. The zero-order valence-electron chi connectivity index (χ0n) is 12.8. The van der Waals surface area contributed by atoms with Crippen molar-refractivity contribution in [2.75, 3.05) is 21.2 Å². The number of fused-ring (bicyclic) bond motifs is 1. The van der Waals surface area contributed by atoms with Gasteiger partial charge in [-0.2, -0.15) is 0 Å². The number of benzene rings is 1. The fraction of sp³-hybridized carbons (Fsp3) is 0.438. The van der Waals surface area contributed by atoms with E-state index in [0.717, 1.165) is 16.7 Å². The molecule has 1 atom stereocenters. The van der Waals surface area contributed by atoms with Gasteiger partial charge in [0.1, 0.15) is 5.75 Å². The van der Waals surface area contributed by atoms with Gasteiger partial charge in [-0.15, -0.1) is 0 Å². The molecule has 20 heavy (non-hydrogen) atoms. The third kappa shape index (κ3) is 2.56. The van der Waals surface area contributed by atoms with Crippen LogP contribution in [0, 0.1) is 5.92 Å². The first-order valence-corrected chi connectivity index (χ1v) is 6.81. The van der Waals surface area contributed by atoms with Crippen molar-refractivity contribution in [2.45, 2.75) is 19.9 Å². The van der Waals surface area contributed by atoms with Gasteiger partial charge in [0, 0.05) is 11.6 Å². The van der Waals surface area contributed by atoms with Crippen molar-refractivity contribution < 1.29 is 9.53 Å². The summed E-state index contributed by atoms with van der Waals surface area (Å²) in [5, 5.41) is 1.01. The smallest absolute Gasteiger partial charge is 0.248 e. The fourth-order valence-corrected chi connectivity index (χ4v) is 2.68. The van der Waals surface area contributed by atoms with Crippen LogP contribution in [-0.4, -0.2) is 42.6 Å². The molecule has 1 unspecified atom stereocenters. The number of likely N-dealkylation sites (N-methyl/N-ethyl adjacent to an activating group) is 1. The van der Waals surface area contributed by atoms with Gasteiger partial charge in [-0.1, -0.05) is 13.8 Å². The average molecular weight is 274 g/mol. The van der Waals surface area contributed by atoms with E-state index in [1.54, 1.807) is 11.7 Å². The van der Waals surface area contributed by atoms with Gasteiger partial charge >= 0.3 is 0 Å². The Hall–Kier alpha value is -1.81. The van der Waals surface area contributed by atoms with Gasteiger partial charge in [-0.05, 0) is 44.3 Å². The lowest BCUT2D eigenvalue weighted by atomic mass is 10.0. The van der Waals surface area contributed by atoms with Gasteiger partial charge < -0.3 is 4.74 Å². The van der Waals surface area contributed by atoms with E-state index in [-0.39, 0.29) is 17.9 Å². The Kier molecular flexibility index (Phi) is 4.14. The van der Waals surface area contributed by atoms with E-state index >= 15 is 0 Å². The number of rotatable bonds is 4. The van der Waals surface area contributed by atoms with Crippen LogP contribution in [0.3, 0.4) is 0 Å². The summed E-state index contributed by atoms with van der Waals surface area (Å²) in [6.07, 6.45) is 1.84. The molecule has 2 rings (SSSR count). The van der Waals surface area contributed by atoms with Gasteiger partial charge in [-0.25, -0.2) is 0 Å². The molecule has 1 heterocycles. The summed E-state index contributed by atoms with van der Waals surface area (Å²) in [5.41, 5.74) is 0.920. The second-order valence-electron chi connectivity index (χ2n) is 5.60. The predicted octanol–water partition coefficient (Wildman–Crippen LogP) is 2.88. The summed E-state index contributed by atoms with van der Waals surface area (Å²) in [7, 11) is 5.53. The molecule has 0 fully saturated rings. The van der Waals surface area contributed by atoms with Crippen molar-refractivity contribution in [1.82, 2.24) is 9.47 Å². The molecule has 0 saturated heterocycles. The molecule has 4 heteroatoms. The predicted molar refractivity (Wildman–Crippen MR) is 81.4 cm³/mol. The number of carbonyl (C=O) groups is 1. The standard InChI is InChI=1S/C16H22N2O2/c1-11(2)15(17(3)4)16(19)18-9-8-12-10-13(20-5)6-7-14(12)18/h6-11,15H,1-5H3. The monoisotopic (exact) mass is 274 g/mol. The van der Waals surface area contributed by atoms with Crippen molar-refractivity contribution in [3.8, 4) is 5.75 Å². The van der Waals surface area contributed by atoms with Crippen LogP contribution in [0.25, 0.3) is 10.9 Å². The number of aromatic nitrogens is 1. The Morgan fingerprint density at radius 1 is 1.25 bits per heavy atom. The number of hydrogen-bond donors (Lipinski definition) is 0. The summed E-state index contributed by atoms with van der Waals surface area (Å²) >= 11 is 0. The highest BCUT2D eigenvalue weighted by Crippen LogP contribution is 2.23. The maximum absolute atomic E-state index is 12.7. The molecule has 1 aromatic carbocycles. The second kappa shape index (κ2) is 5.67. The highest BCUT2D eigenvalue weighted by molar-refractivity contribution is 5.95. The normalized spacial score (nSPS) is 13.2. The summed E-state index contributed by atoms with van der Waals surface area (Å²) in [6.45, 7) is 4.13. The van der Waals surface area contributed by atoms with Gasteiger partial charge in [0.2, 0.25) is 5.91 Å². The zero-order chi connectivity index (χ0) is 14.9. The van der Waals surface area contributed by atoms with Gasteiger partial charge in [0.15, 0.2) is 0 Å². The lowest BCUT2D eigenvalue weighted by molar-refractivity contribution is 0.0743. The van der Waals surface area contributed by atoms with Crippen molar-refractivity contribution in [3.63, 3.8) is 0 Å². The van der Waals surface area contributed by atoms with Crippen LogP contribution >= 0.6 is 0 Å². The molecule has 2 aromatic rings. The second-order valence-corrected chi connectivity index (χ2v) is 5.60. The summed E-state index contributed by atoms with van der Waals surface area (Å²) in [4.78, 5) is 14.7. The Labute approximate surface area is 119 Å². The topological polar surface area (TPSA) is 34.5 Å². The Morgan fingerprint density at radius 2 is 1.95 bits per heavy atom. The van der Waals surface area contributed by atoms with E-state index in [1.165, 1.54) is 0 Å². The van der Waals surface area contributed by atoms with Crippen LogP contribution in [0.5, 0.6) is 5.75 Å². The van der Waals surface area contributed by atoms with E-state index in [1.807, 2.05) is 49.5 Å². The Balaban J connectivity index is 2.44. The van der Waals surface area contributed by atoms with E-state index in [2.05, 4.69) is 13.8 Å². The Bertz CT molecular complexity index is 606. The van der Waals surface area contributed by atoms with Crippen molar-refractivity contribution in [1.29, 1.82) is 0 Å². The molecule has 4 nitrogen and oxygen atoms in total. The van der Waals surface area contributed by atoms with Crippen molar-refractivity contribution in [2.24, 2.45) is 5.92 Å². The minimum Gasteiger partial charge on any atom is -0.497 e. The van der Waals surface area contributed by atoms with Crippen LogP contribution in [0.1, 0.15) is 18.6 Å². The van der Waals surface area contributed by atoms with Crippen molar-refractivity contribution in [3.05, 3.63) is 30.5 Å². The lowest BCUT2D eigenvalue weighted by Crippen LogP contribution is -2.42. The molecule has 0 aliphatic rings. The first kappa shape index (κ1) is 14.6. The summed E-state index contributed by atoms with van der Waals surface area (Å²) in [5.74, 6) is 1.16. The molecule has 0 N–H and O–H groups in total. The fourth-order valence-electron chi connectivity index (χ4n) is 2.68. The number of methoxy groups -OCH3 is 1. The maximum Gasteiger partial charge on any atom is 0.248 e. The molecule has 0 aliphatic carbocycles. The largest absolute Gasteiger partial charge is 0.497 e. The highest BCUT2D eigenvalue weighted by Gasteiger charge is 2.26. The number of carbonyl (C=O) groups excluding carboxylic acids is 1. The van der Waals surface area contributed by atoms with Crippen LogP contribution in [0.2, 0.25) is 0 Å². The van der Waals surface area contributed by atoms with Crippen LogP contribution < -0.4 is 4.74 Å². The van der Waals surface area contributed by atoms with Crippen molar-refractivity contribution >= 4 is 16.8 Å². The van der Waals surface area contributed by atoms with Crippen LogP contribution in [0.15, 0.2) is 30.5 Å². The van der Waals surface area contributed by atoms with Crippen LogP contribution in [-0.2, 0) is 0 Å². The van der Waals surface area contributed by atoms with Gasteiger partial charge in [0.05, 0.1) is 18.7 Å². The number of nitrogens with zero attached hydrogens (tertiary/aromatic N) is 2. The highest BCUT2D eigenvalue weighted by atomic mass is 16.5. The van der Waals surface area contributed by atoms with Gasteiger partial charge in [-0.3, -0.25) is 14.3 Å². The third-order valence-corrected chi connectivity index (χ3v) is 3.58. The number of hydrogen-bond acceptors (Lipinski definition) is 3. The molecule has 0 bridgehead atoms. The minimum absolute atomic E-state index is 0.102. The molecule has 0 aliphatic heterocycles. The molecule has 0 radical (unpaired) electrons. The van der Waals surface area contributed by atoms with Gasteiger partial charge in [0.25, 0.3) is 0 Å². The van der Waals surface area contributed by atoms with E-state index in [4.69, 9.17) is 4.74 Å². The zero-order valence-corrected chi connectivity index (χ0v) is 12.8. The Morgan fingerprint density at radius 3 is 2.50 bits per heavy atom. The molecule has 0 amide bonds. The number of ether oxygens (including phenoxy) is 1. The SMILES string of the molecule is COc1ccc2c(ccn2C(=O)C(C(C)C)N(C)C)c1. The quantitative estimate of drug-likeness (QED) is 0.860. The summed E-state index contributed by atoms with van der Waals surface area (Å²) in [6, 6.07) is 7.57. The third-order valence-electron chi connectivity index (χ3n) is 3.58. The van der Waals surface area contributed by atoms with E-state index in [0.29, 0.717) is 0 Å². The lowest BCUT2D eigenvalue weighted by Gasteiger charge is -2.26. The van der Waals surface area contributed by atoms with Crippen LogP contribution in [0.4, 0.5) is 0 Å². The van der Waals surface area contributed by atoms with E-state index in [9.17, 15) is 4.79 Å².